The molecule has 1 N–H and O–H groups in total. The Morgan fingerprint density at radius 3 is 2.09 bits per heavy atom. The van der Waals surface area contributed by atoms with Gasteiger partial charge in [-0.15, -0.1) is 0 Å². The minimum Gasteiger partial charge on any atom is -0.391 e. The van der Waals surface area contributed by atoms with E-state index in [-0.39, 0.29) is 30.5 Å². The van der Waals surface area contributed by atoms with Crippen LogP contribution in [-0.2, 0) is 17.5 Å². The number of carbonyl (C=O) groups excluding carboxylic acids is 1. The lowest BCUT2D eigenvalue weighted by atomic mass is 9.97. The van der Waals surface area contributed by atoms with E-state index in [2.05, 4.69) is 0 Å². The first kappa shape index (κ1) is 22.2. The minimum absolute atomic E-state index is 0.0183. The van der Waals surface area contributed by atoms with Crippen LogP contribution in [-0.4, -0.2) is 33.1 Å². The number of hydrogen-bond donors (Lipinski definition) is 1. The van der Waals surface area contributed by atoms with Crippen molar-refractivity contribution >= 4 is 27.7 Å². The molecule has 3 aromatic carbocycles. The van der Waals surface area contributed by atoms with Crippen LogP contribution in [0.3, 0.4) is 0 Å². The third kappa shape index (κ3) is 3.74. The van der Waals surface area contributed by atoms with E-state index in [1.807, 2.05) is 0 Å². The number of rotatable bonds is 3. The second-order valence-corrected chi connectivity index (χ2v) is 8.49. The van der Waals surface area contributed by atoms with E-state index in [1.165, 1.54) is 23.1 Å². The van der Waals surface area contributed by atoms with Crippen molar-refractivity contribution in [1.82, 2.24) is 9.47 Å². The third-order valence-corrected chi connectivity index (χ3v) is 6.40. The number of carbonyl (C=O) groups is 1. The van der Waals surface area contributed by atoms with Crippen LogP contribution in [0.2, 0.25) is 0 Å². The van der Waals surface area contributed by atoms with Gasteiger partial charge in [0.2, 0.25) is 5.91 Å². The highest BCUT2D eigenvalue weighted by molar-refractivity contribution is 5.95. The number of benzene rings is 3. The predicted molar refractivity (Wildman–Crippen MR) is 122 cm³/mol. The fourth-order valence-electron chi connectivity index (χ4n) is 4.90. The van der Waals surface area contributed by atoms with E-state index >= 15 is 0 Å². The molecule has 1 aromatic heterocycles. The van der Waals surface area contributed by atoms with E-state index in [1.54, 1.807) is 53.1 Å². The van der Waals surface area contributed by atoms with E-state index in [0.717, 1.165) is 6.07 Å². The Hall–Kier alpha value is -3.65. The maximum atomic E-state index is 13.7. The molecular weight excluding hydrogens is 445 g/mol. The highest BCUT2D eigenvalue weighted by Crippen LogP contribution is 2.40. The summed E-state index contributed by atoms with van der Waals surface area (Å²) in [4.78, 5) is 27.8. The van der Waals surface area contributed by atoms with Gasteiger partial charge in [0.1, 0.15) is 6.54 Å². The van der Waals surface area contributed by atoms with Crippen molar-refractivity contribution in [2.45, 2.75) is 31.3 Å². The number of halogens is 3. The Morgan fingerprint density at radius 2 is 1.47 bits per heavy atom. The first-order valence-electron chi connectivity index (χ1n) is 10.9. The zero-order valence-corrected chi connectivity index (χ0v) is 18.0. The Bertz CT molecular complexity index is 1400. The molecule has 1 saturated heterocycles. The summed E-state index contributed by atoms with van der Waals surface area (Å²) in [6, 6.07) is 18.1. The van der Waals surface area contributed by atoms with Crippen molar-refractivity contribution in [2.75, 3.05) is 6.54 Å². The van der Waals surface area contributed by atoms with Crippen molar-refractivity contribution < 1.29 is 23.1 Å². The number of aliphatic hydroxyl groups is 1. The highest BCUT2D eigenvalue weighted by atomic mass is 19.4. The van der Waals surface area contributed by atoms with E-state index in [4.69, 9.17) is 0 Å². The van der Waals surface area contributed by atoms with Crippen LogP contribution in [0.5, 0.6) is 0 Å². The van der Waals surface area contributed by atoms with Crippen LogP contribution in [0.15, 0.2) is 77.6 Å². The van der Waals surface area contributed by atoms with Crippen molar-refractivity contribution in [3.05, 3.63) is 94.1 Å². The molecule has 1 aliphatic heterocycles. The Morgan fingerprint density at radius 1 is 0.912 bits per heavy atom. The average molecular weight is 466 g/mol. The number of hydrogen-bond acceptors (Lipinski definition) is 3. The predicted octanol–water partition coefficient (Wildman–Crippen LogP) is 4.51. The quantitative estimate of drug-likeness (QED) is 0.452. The number of likely N-dealkylation sites (tertiary alicyclic amines) is 1. The summed E-state index contributed by atoms with van der Waals surface area (Å²) in [5.74, 6) is -0.433. The summed E-state index contributed by atoms with van der Waals surface area (Å²) in [7, 11) is 0. The van der Waals surface area contributed by atoms with Crippen molar-refractivity contribution in [3.8, 4) is 0 Å². The van der Waals surface area contributed by atoms with Gasteiger partial charge in [-0.3, -0.25) is 9.59 Å². The van der Waals surface area contributed by atoms with Crippen LogP contribution in [0, 0.1) is 0 Å². The molecule has 174 valence electrons. The molecule has 2 heterocycles. The SMILES string of the molecule is O=C(Cn1c2ccccc2c(=O)c2ccccc21)N1CC(O)CC1c1ccccc1C(F)(F)F. The second-order valence-electron chi connectivity index (χ2n) is 8.49. The van der Waals surface area contributed by atoms with E-state index in [0.29, 0.717) is 21.8 Å². The lowest BCUT2D eigenvalue weighted by molar-refractivity contribution is -0.140. The lowest BCUT2D eigenvalue weighted by Gasteiger charge is -2.28. The summed E-state index contributed by atoms with van der Waals surface area (Å²) >= 11 is 0. The number of amides is 1. The molecular formula is C26H21F3N2O3. The zero-order chi connectivity index (χ0) is 24.0. The summed E-state index contributed by atoms with van der Waals surface area (Å²) in [5.41, 5.74) is 0.127. The maximum Gasteiger partial charge on any atom is 0.416 e. The summed E-state index contributed by atoms with van der Waals surface area (Å²) in [6.07, 6.45) is -5.49. The molecule has 2 atom stereocenters. The third-order valence-electron chi connectivity index (χ3n) is 6.40. The molecule has 4 aromatic rings. The van der Waals surface area contributed by atoms with Gasteiger partial charge in [0.25, 0.3) is 0 Å². The number of pyridine rings is 1. The van der Waals surface area contributed by atoms with Gasteiger partial charge in [-0.2, -0.15) is 13.2 Å². The fraction of sp³-hybridized carbons (Fsp3) is 0.231. The van der Waals surface area contributed by atoms with Gasteiger partial charge < -0.3 is 14.6 Å². The fourth-order valence-corrected chi connectivity index (χ4v) is 4.90. The van der Waals surface area contributed by atoms with Crippen molar-refractivity contribution in [1.29, 1.82) is 0 Å². The van der Waals surface area contributed by atoms with Crippen LogP contribution in [0.1, 0.15) is 23.6 Å². The molecule has 5 nitrogen and oxygen atoms in total. The standard InChI is InChI=1S/C26H21F3N2O3/c27-26(28,29)20-10-4-1-7-17(20)23-13-16(32)14-31(23)24(33)15-30-21-11-5-2-8-18(21)25(34)19-9-3-6-12-22(19)30/h1-12,16,23,32H,13-15H2. The van der Waals surface area contributed by atoms with Gasteiger partial charge in [0.05, 0.1) is 28.7 Å². The molecule has 5 rings (SSSR count). The van der Waals surface area contributed by atoms with Crippen molar-refractivity contribution in [3.63, 3.8) is 0 Å². The minimum atomic E-state index is -4.58. The van der Waals surface area contributed by atoms with E-state index < -0.39 is 29.8 Å². The number of para-hydroxylation sites is 2. The van der Waals surface area contributed by atoms with Gasteiger partial charge in [-0.25, -0.2) is 0 Å². The number of nitrogens with zero attached hydrogens (tertiary/aromatic N) is 2. The smallest absolute Gasteiger partial charge is 0.391 e. The normalized spacial score (nSPS) is 18.6. The number of β-amino-alcohol motifs (C(OH)–C–C–N with tert-alkyl or cyclic N) is 1. The van der Waals surface area contributed by atoms with Gasteiger partial charge >= 0.3 is 6.18 Å². The molecule has 0 radical (unpaired) electrons. The van der Waals surface area contributed by atoms with Crippen LogP contribution in [0.25, 0.3) is 21.8 Å². The van der Waals surface area contributed by atoms with Gasteiger partial charge in [-0.05, 0) is 42.3 Å². The zero-order valence-electron chi connectivity index (χ0n) is 18.0. The largest absolute Gasteiger partial charge is 0.416 e. The van der Waals surface area contributed by atoms with E-state index in [9.17, 15) is 27.9 Å². The molecule has 0 saturated carbocycles. The number of fused-ring (bicyclic) bond motifs is 2. The van der Waals surface area contributed by atoms with Gasteiger partial charge in [0.15, 0.2) is 5.43 Å². The second kappa shape index (κ2) is 8.29. The molecule has 34 heavy (non-hydrogen) atoms. The first-order valence-corrected chi connectivity index (χ1v) is 10.9. The summed E-state index contributed by atoms with van der Waals surface area (Å²) in [6.45, 7) is -0.246. The monoisotopic (exact) mass is 466 g/mol. The molecule has 1 amide bonds. The van der Waals surface area contributed by atoms with Crippen LogP contribution in [0.4, 0.5) is 13.2 Å². The molecule has 1 fully saturated rings. The molecule has 8 heteroatoms. The topological polar surface area (TPSA) is 62.5 Å². The van der Waals surface area contributed by atoms with Gasteiger partial charge in [0, 0.05) is 17.3 Å². The Kier molecular flexibility index (Phi) is 5.40. The lowest BCUT2D eigenvalue weighted by Crippen LogP contribution is -2.35. The number of aromatic nitrogens is 1. The molecule has 1 aliphatic rings. The Balaban J connectivity index is 1.59. The Labute approximate surface area is 192 Å². The number of alkyl halides is 3. The summed E-state index contributed by atoms with van der Waals surface area (Å²) in [5, 5.41) is 11.2. The molecule has 0 spiro atoms. The number of aliphatic hydroxyl groups excluding tert-OH is 1. The summed E-state index contributed by atoms with van der Waals surface area (Å²) < 4.78 is 42.7. The maximum absolute atomic E-state index is 13.7. The average Bonchev–Trinajstić information content (AvgIpc) is 3.23. The van der Waals surface area contributed by atoms with Crippen molar-refractivity contribution in [2.24, 2.45) is 0 Å². The molecule has 2 unspecified atom stereocenters. The molecule has 0 aliphatic carbocycles. The molecule has 0 bridgehead atoms. The highest BCUT2D eigenvalue weighted by Gasteiger charge is 2.41. The van der Waals surface area contributed by atoms with Crippen LogP contribution >= 0.6 is 0 Å². The first-order chi connectivity index (χ1) is 16.3. The van der Waals surface area contributed by atoms with Gasteiger partial charge in [-0.1, -0.05) is 42.5 Å². The van der Waals surface area contributed by atoms with Crippen LogP contribution < -0.4 is 5.43 Å².